The number of halogens is 1. The van der Waals surface area contributed by atoms with E-state index in [1.54, 1.807) is 13.0 Å². The van der Waals surface area contributed by atoms with Crippen LogP contribution in [-0.4, -0.2) is 19.5 Å². The van der Waals surface area contributed by atoms with Crippen LogP contribution < -0.4 is 4.72 Å². The lowest BCUT2D eigenvalue weighted by Crippen LogP contribution is -2.11. The maximum absolute atomic E-state index is 12.1. The van der Waals surface area contributed by atoms with Crippen molar-refractivity contribution in [3.8, 4) is 0 Å². The number of nitrogens with one attached hydrogen (secondary N) is 1. The van der Waals surface area contributed by atoms with Crippen molar-refractivity contribution in [2.45, 2.75) is 11.1 Å². The van der Waals surface area contributed by atoms with Crippen LogP contribution in [0.25, 0.3) is 0 Å². The van der Waals surface area contributed by atoms with Gasteiger partial charge in [0.15, 0.2) is 0 Å². The lowest BCUT2D eigenvalue weighted by Gasteiger charge is -2.06. The van der Waals surface area contributed by atoms with E-state index in [1.165, 1.54) is 24.3 Å². The molecule has 8 heteroatoms. The Bertz CT molecular complexity index is 731. The van der Waals surface area contributed by atoms with Gasteiger partial charge in [-0.15, -0.1) is 11.3 Å². The van der Waals surface area contributed by atoms with Crippen LogP contribution >= 0.6 is 27.3 Å². The third-order valence-corrected chi connectivity index (χ3v) is 6.48. The number of thiophene rings is 1. The van der Waals surface area contributed by atoms with E-state index in [9.17, 15) is 13.2 Å². The first-order valence-electron chi connectivity index (χ1n) is 5.42. The molecule has 20 heavy (non-hydrogen) atoms. The number of carbonyl (C=O) groups is 1. The first kappa shape index (κ1) is 15.0. The van der Waals surface area contributed by atoms with E-state index in [0.717, 1.165) is 20.7 Å². The highest BCUT2D eigenvalue weighted by molar-refractivity contribution is 9.11. The zero-order valence-corrected chi connectivity index (χ0v) is 13.5. The molecule has 1 heterocycles. The molecule has 0 aliphatic carbocycles. The minimum atomic E-state index is -3.66. The molecule has 0 amide bonds. The summed E-state index contributed by atoms with van der Waals surface area (Å²) in [6, 6.07) is 7.08. The highest BCUT2D eigenvalue weighted by Gasteiger charge is 2.18. The van der Waals surface area contributed by atoms with Crippen LogP contribution in [0.4, 0.5) is 5.69 Å². The molecule has 0 aliphatic heterocycles. The molecule has 1 aromatic carbocycles. The Hall–Kier alpha value is -1.38. The predicted molar refractivity (Wildman–Crippen MR) is 81.0 cm³/mol. The minimum Gasteiger partial charge on any atom is -0.478 e. The molecule has 1 aromatic heterocycles. The summed E-state index contributed by atoms with van der Waals surface area (Å²) < 4.78 is 27.7. The Morgan fingerprint density at radius 3 is 2.35 bits per heavy atom. The Morgan fingerprint density at radius 2 is 1.90 bits per heavy atom. The lowest BCUT2D eigenvalue weighted by atomic mass is 10.2. The van der Waals surface area contributed by atoms with E-state index in [0.29, 0.717) is 5.69 Å². The van der Waals surface area contributed by atoms with Gasteiger partial charge in [-0.1, -0.05) is 0 Å². The second kappa shape index (κ2) is 5.55. The molecule has 5 nitrogen and oxygen atoms in total. The quantitative estimate of drug-likeness (QED) is 0.858. The summed E-state index contributed by atoms with van der Waals surface area (Å²) in [4.78, 5) is 10.7. The second-order valence-electron chi connectivity index (χ2n) is 4.01. The maximum Gasteiger partial charge on any atom is 0.335 e. The van der Waals surface area contributed by atoms with Gasteiger partial charge in [-0.3, -0.25) is 4.72 Å². The molecule has 0 fully saturated rings. The van der Waals surface area contributed by atoms with Gasteiger partial charge in [0, 0.05) is 5.69 Å². The van der Waals surface area contributed by atoms with E-state index in [1.807, 2.05) is 0 Å². The standard InChI is InChI=1S/C12H10BrNO4S2/c1-7-6-10(19-11(7)13)20(17,18)14-9-4-2-8(3-5-9)12(15)16/h2-6,14H,1H3,(H,15,16). The van der Waals surface area contributed by atoms with Gasteiger partial charge in [-0.25, -0.2) is 13.2 Å². The molecule has 0 unspecified atom stereocenters. The predicted octanol–water partition coefficient (Wildman–Crippen LogP) is 3.32. The number of carboxylic acids is 1. The normalized spacial score (nSPS) is 11.3. The van der Waals surface area contributed by atoms with Crippen molar-refractivity contribution in [1.29, 1.82) is 0 Å². The van der Waals surface area contributed by atoms with Crippen molar-refractivity contribution in [2.75, 3.05) is 4.72 Å². The number of carboxylic acid groups (broad SMARTS) is 1. The van der Waals surface area contributed by atoms with Crippen LogP contribution in [0.15, 0.2) is 38.3 Å². The third kappa shape index (κ3) is 3.20. The fraction of sp³-hybridized carbons (Fsp3) is 0.0833. The molecule has 0 radical (unpaired) electrons. The minimum absolute atomic E-state index is 0.0997. The molecular weight excluding hydrogens is 366 g/mol. The molecule has 2 rings (SSSR count). The Kier molecular flexibility index (Phi) is 4.17. The topological polar surface area (TPSA) is 83.5 Å². The van der Waals surface area contributed by atoms with Crippen LogP contribution in [0.1, 0.15) is 15.9 Å². The molecule has 0 saturated heterocycles. The molecule has 2 aromatic rings. The fourth-order valence-corrected chi connectivity index (χ4v) is 4.73. The number of hydrogen-bond donors (Lipinski definition) is 2. The monoisotopic (exact) mass is 375 g/mol. The zero-order chi connectivity index (χ0) is 14.9. The Morgan fingerprint density at radius 1 is 1.30 bits per heavy atom. The molecule has 2 N–H and O–H groups in total. The van der Waals surface area contributed by atoms with Gasteiger partial charge in [0.25, 0.3) is 10.0 Å². The molecule has 0 saturated carbocycles. The van der Waals surface area contributed by atoms with Crippen molar-refractivity contribution >= 4 is 48.9 Å². The molecule has 0 aliphatic rings. The highest BCUT2D eigenvalue weighted by Crippen LogP contribution is 2.31. The molecule has 0 atom stereocenters. The summed E-state index contributed by atoms with van der Waals surface area (Å²) in [7, 11) is -3.66. The Labute approximate surface area is 128 Å². The maximum atomic E-state index is 12.1. The zero-order valence-electron chi connectivity index (χ0n) is 10.3. The summed E-state index contributed by atoms with van der Waals surface area (Å²) in [5.74, 6) is -1.06. The summed E-state index contributed by atoms with van der Waals surface area (Å²) in [5, 5.41) is 8.78. The van der Waals surface area contributed by atoms with Crippen LogP contribution in [0.2, 0.25) is 0 Å². The third-order valence-electron chi connectivity index (χ3n) is 2.48. The number of sulfonamides is 1. The van der Waals surface area contributed by atoms with Gasteiger partial charge in [0.05, 0.1) is 9.35 Å². The van der Waals surface area contributed by atoms with Crippen LogP contribution in [0, 0.1) is 6.92 Å². The van der Waals surface area contributed by atoms with Gasteiger partial charge >= 0.3 is 5.97 Å². The number of benzene rings is 1. The number of hydrogen-bond acceptors (Lipinski definition) is 4. The van der Waals surface area contributed by atoms with Crippen LogP contribution in [0.3, 0.4) is 0 Å². The first-order valence-corrected chi connectivity index (χ1v) is 8.51. The van der Waals surface area contributed by atoms with E-state index in [-0.39, 0.29) is 9.77 Å². The van der Waals surface area contributed by atoms with Crippen molar-refractivity contribution in [3.05, 3.63) is 45.2 Å². The molecular formula is C12H10BrNO4S2. The average Bonchev–Trinajstić information content (AvgIpc) is 2.71. The Balaban J connectivity index is 2.26. The lowest BCUT2D eigenvalue weighted by molar-refractivity contribution is 0.0697. The van der Waals surface area contributed by atoms with Gasteiger partial charge in [-0.2, -0.15) is 0 Å². The van der Waals surface area contributed by atoms with Crippen LogP contribution in [0.5, 0.6) is 0 Å². The van der Waals surface area contributed by atoms with E-state index in [4.69, 9.17) is 5.11 Å². The first-order chi connectivity index (χ1) is 9.29. The van der Waals surface area contributed by atoms with Crippen molar-refractivity contribution < 1.29 is 18.3 Å². The number of aryl methyl sites for hydroxylation is 1. The average molecular weight is 376 g/mol. The van der Waals surface area contributed by atoms with Gasteiger partial charge in [0.1, 0.15) is 4.21 Å². The molecule has 0 bridgehead atoms. The van der Waals surface area contributed by atoms with Crippen LogP contribution in [-0.2, 0) is 10.0 Å². The summed E-state index contributed by atoms with van der Waals surface area (Å²) in [6.07, 6.45) is 0. The van der Waals surface area contributed by atoms with Gasteiger partial charge < -0.3 is 5.11 Å². The van der Waals surface area contributed by atoms with Gasteiger partial charge in [0.2, 0.25) is 0 Å². The second-order valence-corrected chi connectivity index (χ2v) is 8.29. The van der Waals surface area contributed by atoms with Crippen molar-refractivity contribution in [1.82, 2.24) is 0 Å². The van der Waals surface area contributed by atoms with E-state index < -0.39 is 16.0 Å². The fourth-order valence-electron chi connectivity index (χ4n) is 1.45. The largest absolute Gasteiger partial charge is 0.478 e. The van der Waals surface area contributed by atoms with Crippen molar-refractivity contribution in [2.24, 2.45) is 0 Å². The number of rotatable bonds is 4. The summed E-state index contributed by atoms with van der Waals surface area (Å²) in [5.41, 5.74) is 1.26. The number of aromatic carboxylic acids is 1. The van der Waals surface area contributed by atoms with E-state index >= 15 is 0 Å². The summed E-state index contributed by atoms with van der Waals surface area (Å²) >= 11 is 4.40. The number of anilines is 1. The van der Waals surface area contributed by atoms with Gasteiger partial charge in [-0.05, 0) is 58.7 Å². The molecule has 106 valence electrons. The highest BCUT2D eigenvalue weighted by atomic mass is 79.9. The van der Waals surface area contributed by atoms with Crippen molar-refractivity contribution in [3.63, 3.8) is 0 Å². The smallest absolute Gasteiger partial charge is 0.335 e. The molecule has 0 spiro atoms. The van der Waals surface area contributed by atoms with E-state index in [2.05, 4.69) is 20.7 Å². The SMILES string of the molecule is Cc1cc(S(=O)(=O)Nc2ccc(C(=O)O)cc2)sc1Br. The summed E-state index contributed by atoms with van der Waals surface area (Å²) in [6.45, 7) is 1.81.